The first kappa shape index (κ1) is 30.0. The minimum absolute atomic E-state index is 0. The summed E-state index contributed by atoms with van der Waals surface area (Å²) in [5.74, 6) is 0. The monoisotopic (exact) mass is 294 g/mol. The van der Waals surface area contributed by atoms with Crippen LogP contribution in [0.2, 0.25) is 0 Å². The molecule has 0 rings (SSSR count). The van der Waals surface area contributed by atoms with Gasteiger partial charge in [-0.1, -0.05) is 0 Å². The van der Waals surface area contributed by atoms with Crippen molar-refractivity contribution in [1.82, 2.24) is 0 Å². The van der Waals surface area contributed by atoms with Gasteiger partial charge in [0.25, 0.3) is 0 Å². The number of phosphoric acid groups is 1. The Hall–Kier alpha value is 3.64. The molecule has 0 aromatic carbocycles. The van der Waals surface area contributed by atoms with Crippen LogP contribution in [0.1, 0.15) is 0 Å². The SMILES string of the molecule is O=P([O-])([O-])[O-].O=S(=O)([O-])[O-].[Ca+2].[K+].[Mg+2]. The molecule has 0 aromatic heterocycles. The number of hydrogen-bond acceptors (Lipinski definition) is 8. The summed E-state index contributed by atoms with van der Waals surface area (Å²) in [5.41, 5.74) is 0. The van der Waals surface area contributed by atoms with Crippen LogP contribution in [0.15, 0.2) is 0 Å². The molecule has 0 aliphatic carbocycles. The summed E-state index contributed by atoms with van der Waals surface area (Å²) in [6.07, 6.45) is 0. The fourth-order valence-corrected chi connectivity index (χ4v) is 0. The first-order valence-corrected chi connectivity index (χ1v) is 4.19. The fourth-order valence-electron chi connectivity index (χ4n) is 0. The van der Waals surface area contributed by atoms with Gasteiger partial charge < -0.3 is 28.4 Å². The van der Waals surface area contributed by atoms with Crippen molar-refractivity contribution >= 4 is 79.0 Å². The van der Waals surface area contributed by atoms with Crippen molar-refractivity contribution in [2.75, 3.05) is 0 Å². The molecule has 0 N–H and O–H groups in total. The van der Waals surface area contributed by atoms with Crippen molar-refractivity contribution in [2.24, 2.45) is 0 Å². The maximum absolute atomic E-state index is 8.55. The van der Waals surface area contributed by atoms with E-state index in [1.54, 1.807) is 0 Å². The molecule has 13 heteroatoms. The van der Waals surface area contributed by atoms with Gasteiger partial charge in [0, 0.05) is 10.4 Å². The predicted molar refractivity (Wildman–Crippen MR) is 29.6 cm³/mol. The van der Waals surface area contributed by atoms with Crippen LogP contribution < -0.4 is 66.1 Å². The Morgan fingerprint density at radius 3 is 1.00 bits per heavy atom. The van der Waals surface area contributed by atoms with Gasteiger partial charge in [-0.05, 0) is 0 Å². The van der Waals surface area contributed by atoms with Crippen molar-refractivity contribution in [3.63, 3.8) is 0 Å². The second kappa shape index (κ2) is 13.7. The number of rotatable bonds is 0. The van der Waals surface area contributed by atoms with Crippen molar-refractivity contribution in [2.45, 2.75) is 0 Å². The third kappa shape index (κ3) is 219. The molecule has 8 nitrogen and oxygen atoms in total. The van der Waals surface area contributed by atoms with Crippen LogP contribution >= 0.6 is 7.82 Å². The van der Waals surface area contributed by atoms with E-state index in [0.29, 0.717) is 0 Å². The summed E-state index contributed by atoms with van der Waals surface area (Å²) in [6, 6.07) is 0. The minimum atomic E-state index is -5.39. The third-order valence-electron chi connectivity index (χ3n) is 0. The molecule has 0 unspecified atom stereocenters. The standard InChI is InChI=1S/Ca.K.Mg.H3O4P.H2O4S/c;;;2*1-5(2,3)4/h;;;(H3,1,2,3,4);(H2,1,2,3,4)/q+2;+1;+2;;/p-5. The average Bonchev–Trinajstić information content (AvgIpc) is 1.12. The second-order valence-corrected chi connectivity index (χ2v) is 2.57. The van der Waals surface area contributed by atoms with E-state index < -0.39 is 18.2 Å². The van der Waals surface area contributed by atoms with Gasteiger partial charge in [0.2, 0.25) is 0 Å². The Balaban J connectivity index is -0.0000000267. The molecule has 13 heavy (non-hydrogen) atoms. The minimum Gasteiger partial charge on any atom is -0.822 e. The summed E-state index contributed by atoms with van der Waals surface area (Å²) in [7, 11) is -10.6. The molecule has 0 atom stereocenters. The molecule has 0 saturated carbocycles. The largest absolute Gasteiger partial charge is 2.00 e. The van der Waals surface area contributed by atoms with Gasteiger partial charge in [-0.2, -0.15) is 7.82 Å². The molecule has 0 spiro atoms. The Bertz CT molecular complexity index is 202. The van der Waals surface area contributed by atoms with E-state index in [-0.39, 0.29) is 112 Å². The van der Waals surface area contributed by atoms with E-state index in [1.807, 2.05) is 0 Å². The number of hydrogen-bond donors (Lipinski definition) is 0. The second-order valence-electron chi connectivity index (χ2n) is 0.855. The van der Waals surface area contributed by atoms with Gasteiger partial charge in [-0.25, -0.2) is 0 Å². The van der Waals surface area contributed by atoms with E-state index in [0.717, 1.165) is 0 Å². The molecule has 0 bridgehead atoms. The summed E-state index contributed by atoms with van der Waals surface area (Å²) in [6.45, 7) is 0. The van der Waals surface area contributed by atoms with Crippen molar-refractivity contribution in [1.29, 1.82) is 0 Å². The van der Waals surface area contributed by atoms with Crippen LogP contribution in [-0.4, -0.2) is 78.3 Å². The zero-order valence-corrected chi connectivity index (χ0v) is 15.0. The quantitative estimate of drug-likeness (QED) is 0.184. The molecule has 0 aromatic rings. The fraction of sp³-hybridized carbons (Fsp3) is 0. The normalized spacial score (nSPS) is 9.00. The van der Waals surface area contributed by atoms with E-state index in [2.05, 4.69) is 0 Å². The molecule has 0 heterocycles. The molecule has 0 aliphatic heterocycles. The molecule has 0 amide bonds. The van der Waals surface area contributed by atoms with Crippen LogP contribution in [0.5, 0.6) is 0 Å². The van der Waals surface area contributed by atoms with E-state index in [9.17, 15) is 0 Å². The first-order chi connectivity index (χ1) is 4.00. The first-order valence-electron chi connectivity index (χ1n) is 1.40. The molecule has 0 fully saturated rings. The van der Waals surface area contributed by atoms with Gasteiger partial charge in [0.05, 0.1) is 0 Å². The van der Waals surface area contributed by atoms with E-state index >= 15 is 0 Å². The van der Waals surface area contributed by atoms with Crippen LogP contribution in [0, 0.1) is 0 Å². The van der Waals surface area contributed by atoms with E-state index in [1.165, 1.54) is 0 Å². The predicted octanol–water partition coefficient (Wildman–Crippen LogP) is -7.92. The third-order valence-corrected chi connectivity index (χ3v) is 0. The molecule has 64 valence electrons. The topological polar surface area (TPSA) is 167 Å². The summed E-state index contributed by atoms with van der Waals surface area (Å²) in [4.78, 5) is 25.6. The summed E-state index contributed by atoms with van der Waals surface area (Å²) < 4.78 is 42.6. The van der Waals surface area contributed by atoms with Crippen molar-refractivity contribution in [3.8, 4) is 0 Å². The maximum atomic E-state index is 8.55. The molecular formula is CaKMgO8PS. The van der Waals surface area contributed by atoms with Crippen molar-refractivity contribution in [3.05, 3.63) is 0 Å². The van der Waals surface area contributed by atoms with Gasteiger partial charge in [-0.15, -0.1) is 0 Å². The Morgan fingerprint density at radius 2 is 1.00 bits per heavy atom. The van der Waals surface area contributed by atoms with Gasteiger partial charge in [0.15, 0.2) is 0 Å². The average molecular weight is 295 g/mol. The summed E-state index contributed by atoms with van der Waals surface area (Å²) >= 11 is 0. The van der Waals surface area contributed by atoms with Crippen LogP contribution in [0.4, 0.5) is 0 Å². The van der Waals surface area contributed by atoms with Gasteiger partial charge >= 0.3 is 112 Å². The Labute approximate surface area is 163 Å². The molecule has 0 aliphatic rings. The van der Waals surface area contributed by atoms with E-state index in [4.69, 9.17) is 36.8 Å². The smallest absolute Gasteiger partial charge is 0.822 e. The van der Waals surface area contributed by atoms with Crippen molar-refractivity contribution < 1.29 is 88.2 Å². The Kier molecular flexibility index (Phi) is 31.7. The molecular weight excluding hydrogens is 295 g/mol. The molecule has 0 radical (unpaired) electrons. The van der Waals surface area contributed by atoms with Crippen LogP contribution in [-0.2, 0) is 15.0 Å². The van der Waals surface area contributed by atoms with Crippen LogP contribution in [0.25, 0.3) is 0 Å². The van der Waals surface area contributed by atoms with Gasteiger partial charge in [-0.3, -0.25) is 8.42 Å². The zero-order chi connectivity index (χ0) is 9.00. The zero-order valence-electron chi connectivity index (χ0n) is 6.54. The Morgan fingerprint density at radius 1 is 1.00 bits per heavy atom. The summed E-state index contributed by atoms with van der Waals surface area (Å²) in [5, 5.41) is 0. The van der Waals surface area contributed by atoms with Gasteiger partial charge in [0.1, 0.15) is 0 Å². The maximum Gasteiger partial charge on any atom is 2.00 e. The van der Waals surface area contributed by atoms with Crippen LogP contribution in [0.3, 0.4) is 0 Å². The molecule has 0 saturated heterocycles.